The monoisotopic (exact) mass is 148 g/mol. The molecule has 0 spiro atoms. The largest absolute Gasteiger partial charge is 0.0877 e. The average molecular weight is 148 g/mol. The predicted octanol–water partition coefficient (Wildman–Crippen LogP) is 3.64. The van der Waals surface area contributed by atoms with Crippen molar-refractivity contribution >= 4 is 0 Å². The summed E-state index contributed by atoms with van der Waals surface area (Å²) in [5, 5.41) is 0. The molecule has 0 heterocycles. The molecule has 0 heteroatoms. The van der Waals surface area contributed by atoms with Crippen molar-refractivity contribution in [2.24, 2.45) is 0 Å². The molecule has 0 rings (SSSR count). The minimum Gasteiger partial charge on any atom is -0.0877 e. The van der Waals surface area contributed by atoms with Crippen LogP contribution >= 0.6 is 0 Å². The molecule has 0 aliphatic rings. The van der Waals surface area contributed by atoms with E-state index in [2.05, 4.69) is 24.3 Å². The zero-order valence-corrected chi connectivity index (χ0v) is 7.33. The van der Waals surface area contributed by atoms with Gasteiger partial charge >= 0.3 is 0 Å². The van der Waals surface area contributed by atoms with Crippen LogP contribution in [0.3, 0.4) is 0 Å². The quantitative estimate of drug-likeness (QED) is 0.534. The maximum atomic E-state index is 2.12. The van der Waals surface area contributed by atoms with Crippen LogP contribution in [0.5, 0.6) is 0 Å². The first-order valence-corrected chi connectivity index (χ1v) is 3.97. The van der Waals surface area contributed by atoms with Crippen molar-refractivity contribution in [2.45, 2.75) is 20.3 Å². The van der Waals surface area contributed by atoms with E-state index in [9.17, 15) is 0 Å². The van der Waals surface area contributed by atoms with Gasteiger partial charge < -0.3 is 0 Å². The van der Waals surface area contributed by atoms with Crippen molar-refractivity contribution in [3.8, 4) is 0 Å². The van der Waals surface area contributed by atoms with E-state index in [-0.39, 0.29) is 0 Å². The van der Waals surface area contributed by atoms with Gasteiger partial charge in [-0.25, -0.2) is 0 Å². The fourth-order valence-electron chi connectivity index (χ4n) is 0.615. The smallest absolute Gasteiger partial charge is 0.0163 e. The maximum absolute atomic E-state index is 2.12. The molecule has 0 saturated heterocycles. The van der Waals surface area contributed by atoms with Crippen LogP contribution in [0.15, 0.2) is 48.6 Å². The van der Waals surface area contributed by atoms with Gasteiger partial charge in [0.1, 0.15) is 0 Å². The highest BCUT2D eigenvalue weighted by atomic mass is 13.7. The van der Waals surface area contributed by atoms with Crippen LogP contribution in [-0.2, 0) is 0 Å². The Morgan fingerprint density at radius 3 is 1.55 bits per heavy atom. The molecule has 0 saturated carbocycles. The van der Waals surface area contributed by atoms with Crippen LogP contribution in [0.25, 0.3) is 0 Å². The molecular weight excluding hydrogens is 132 g/mol. The first-order chi connectivity index (χ1) is 5.41. The minimum atomic E-state index is 1.01. The molecule has 0 aromatic heterocycles. The first-order valence-electron chi connectivity index (χ1n) is 3.97. The van der Waals surface area contributed by atoms with Crippen molar-refractivity contribution in [1.29, 1.82) is 0 Å². The van der Waals surface area contributed by atoms with Gasteiger partial charge in [0.2, 0.25) is 0 Å². The van der Waals surface area contributed by atoms with Crippen molar-refractivity contribution in [1.82, 2.24) is 0 Å². The molecule has 0 amide bonds. The molecular formula is C11H16. The van der Waals surface area contributed by atoms with Crippen LogP contribution in [0.1, 0.15) is 20.3 Å². The van der Waals surface area contributed by atoms with Gasteiger partial charge in [0.05, 0.1) is 0 Å². The molecule has 11 heavy (non-hydrogen) atoms. The fraction of sp³-hybridized carbons (Fsp3) is 0.273. The van der Waals surface area contributed by atoms with E-state index in [1.54, 1.807) is 0 Å². The second-order valence-electron chi connectivity index (χ2n) is 2.14. The number of rotatable bonds is 4. The summed E-state index contributed by atoms with van der Waals surface area (Å²) in [6.45, 7) is 4.03. The zero-order chi connectivity index (χ0) is 8.36. The van der Waals surface area contributed by atoms with Gasteiger partial charge in [0.25, 0.3) is 0 Å². The number of hydrogen-bond donors (Lipinski definition) is 0. The second-order valence-corrected chi connectivity index (χ2v) is 2.14. The summed E-state index contributed by atoms with van der Waals surface area (Å²) < 4.78 is 0. The lowest BCUT2D eigenvalue weighted by molar-refractivity contribution is 1.39. The van der Waals surface area contributed by atoms with E-state index >= 15 is 0 Å². The molecule has 0 aromatic rings. The van der Waals surface area contributed by atoms with Crippen LogP contribution in [0.2, 0.25) is 0 Å². The molecule has 0 unspecified atom stereocenters. The summed E-state index contributed by atoms with van der Waals surface area (Å²) >= 11 is 0. The lowest BCUT2D eigenvalue weighted by atomic mass is 10.3. The second kappa shape index (κ2) is 8.96. The Morgan fingerprint density at radius 1 is 0.727 bits per heavy atom. The lowest BCUT2D eigenvalue weighted by Crippen LogP contribution is -1.56. The standard InChI is InChI=1S/C11H16/c1-3-5-7-9-11-10-8-6-4-2/h3-10H,11H2,1-2H3/b5-3+,6-4+,9-7+,10-8+. The lowest BCUT2D eigenvalue weighted by Gasteiger charge is -1.77. The SMILES string of the molecule is C/C=C/C=C/C/C=C/C=C/C. The van der Waals surface area contributed by atoms with E-state index in [4.69, 9.17) is 0 Å². The fourth-order valence-corrected chi connectivity index (χ4v) is 0.615. The van der Waals surface area contributed by atoms with Gasteiger partial charge in [-0.05, 0) is 20.3 Å². The molecule has 0 bridgehead atoms. The first kappa shape index (κ1) is 9.96. The maximum Gasteiger partial charge on any atom is -0.0163 e. The highest BCUT2D eigenvalue weighted by Crippen LogP contribution is 1.87. The third-order valence-corrected chi connectivity index (χ3v) is 1.15. The van der Waals surface area contributed by atoms with E-state index in [1.807, 2.05) is 38.2 Å². The Balaban J connectivity index is 3.40. The summed E-state index contributed by atoms with van der Waals surface area (Å²) in [6, 6.07) is 0. The third kappa shape index (κ3) is 8.96. The van der Waals surface area contributed by atoms with Gasteiger partial charge in [-0.15, -0.1) is 0 Å². The topological polar surface area (TPSA) is 0 Å². The molecule has 0 aliphatic carbocycles. The normalized spacial score (nSPS) is 13.3. The number of allylic oxidation sites excluding steroid dienone is 8. The molecule has 0 radical (unpaired) electrons. The highest BCUT2D eigenvalue weighted by Gasteiger charge is 1.66. The molecule has 60 valence electrons. The Morgan fingerprint density at radius 2 is 1.18 bits per heavy atom. The Bertz CT molecular complexity index is 148. The molecule has 0 aliphatic heterocycles. The van der Waals surface area contributed by atoms with Crippen LogP contribution in [-0.4, -0.2) is 0 Å². The molecule has 0 aromatic carbocycles. The predicted molar refractivity (Wildman–Crippen MR) is 52.5 cm³/mol. The Kier molecular flexibility index (Phi) is 8.11. The molecule has 0 fully saturated rings. The number of hydrogen-bond acceptors (Lipinski definition) is 0. The molecule has 0 N–H and O–H groups in total. The van der Waals surface area contributed by atoms with E-state index in [1.165, 1.54) is 0 Å². The third-order valence-electron chi connectivity index (χ3n) is 1.15. The minimum absolute atomic E-state index is 1.01. The highest BCUT2D eigenvalue weighted by molar-refractivity contribution is 5.07. The van der Waals surface area contributed by atoms with Crippen molar-refractivity contribution in [2.75, 3.05) is 0 Å². The Labute approximate surface area is 69.6 Å². The van der Waals surface area contributed by atoms with Crippen molar-refractivity contribution in [3.05, 3.63) is 48.6 Å². The summed E-state index contributed by atoms with van der Waals surface area (Å²) in [5.41, 5.74) is 0. The summed E-state index contributed by atoms with van der Waals surface area (Å²) in [6.07, 6.45) is 17.5. The summed E-state index contributed by atoms with van der Waals surface area (Å²) in [4.78, 5) is 0. The van der Waals surface area contributed by atoms with Crippen LogP contribution in [0, 0.1) is 0 Å². The van der Waals surface area contributed by atoms with E-state index in [0.717, 1.165) is 6.42 Å². The van der Waals surface area contributed by atoms with Gasteiger partial charge in [0, 0.05) is 0 Å². The van der Waals surface area contributed by atoms with E-state index in [0.29, 0.717) is 0 Å². The van der Waals surface area contributed by atoms with Gasteiger partial charge in [-0.3, -0.25) is 0 Å². The zero-order valence-electron chi connectivity index (χ0n) is 7.33. The molecule has 0 nitrogen and oxygen atoms in total. The Hall–Kier alpha value is -1.04. The van der Waals surface area contributed by atoms with Gasteiger partial charge in [0.15, 0.2) is 0 Å². The van der Waals surface area contributed by atoms with Gasteiger partial charge in [-0.1, -0.05) is 48.6 Å². The summed E-state index contributed by atoms with van der Waals surface area (Å²) in [7, 11) is 0. The van der Waals surface area contributed by atoms with E-state index < -0.39 is 0 Å². The van der Waals surface area contributed by atoms with Crippen molar-refractivity contribution in [3.63, 3.8) is 0 Å². The van der Waals surface area contributed by atoms with Gasteiger partial charge in [-0.2, -0.15) is 0 Å². The van der Waals surface area contributed by atoms with Crippen LogP contribution < -0.4 is 0 Å². The molecule has 0 atom stereocenters. The van der Waals surface area contributed by atoms with Crippen molar-refractivity contribution < 1.29 is 0 Å². The van der Waals surface area contributed by atoms with Crippen LogP contribution in [0.4, 0.5) is 0 Å². The summed E-state index contributed by atoms with van der Waals surface area (Å²) in [5.74, 6) is 0. The average Bonchev–Trinajstić information content (AvgIpc) is 2.03.